The van der Waals surface area contributed by atoms with E-state index >= 15 is 0 Å². The van der Waals surface area contributed by atoms with E-state index in [1.165, 1.54) is 5.56 Å². The number of morpholine rings is 1. The molecule has 0 aromatic carbocycles. The summed E-state index contributed by atoms with van der Waals surface area (Å²) in [7, 11) is 0. The van der Waals surface area contributed by atoms with Crippen LogP contribution in [-0.2, 0) is 11.3 Å². The monoisotopic (exact) mass is 298 g/mol. The third kappa shape index (κ3) is 6.60. The van der Waals surface area contributed by atoms with Gasteiger partial charge in [-0.3, -0.25) is 4.90 Å². The molecule has 0 atom stereocenters. The zero-order valence-electron chi connectivity index (χ0n) is 9.76. The maximum Gasteiger partial charge on any atom is 0.0594 e. The molecule has 0 saturated carbocycles. The maximum atomic E-state index is 5.30. The van der Waals surface area contributed by atoms with Gasteiger partial charge < -0.3 is 10.1 Å². The Balaban J connectivity index is 0.00000128. The summed E-state index contributed by atoms with van der Waals surface area (Å²) in [6.07, 6.45) is 0. The van der Waals surface area contributed by atoms with Crippen LogP contribution in [0.2, 0.25) is 0 Å². The Labute approximate surface area is 119 Å². The smallest absolute Gasteiger partial charge is 0.0594 e. The fraction of sp³-hybridized carbons (Fsp3) is 0.636. The van der Waals surface area contributed by atoms with Crippen LogP contribution in [0.4, 0.5) is 0 Å². The highest BCUT2D eigenvalue weighted by Gasteiger charge is 2.08. The van der Waals surface area contributed by atoms with Gasteiger partial charge in [-0.05, 0) is 22.4 Å². The van der Waals surface area contributed by atoms with Crippen molar-refractivity contribution in [2.45, 2.75) is 6.54 Å². The molecule has 3 nitrogen and oxygen atoms in total. The number of rotatable bonds is 5. The topological polar surface area (TPSA) is 24.5 Å². The molecule has 2 heterocycles. The molecule has 1 saturated heterocycles. The van der Waals surface area contributed by atoms with Crippen molar-refractivity contribution in [3.05, 3.63) is 22.4 Å². The van der Waals surface area contributed by atoms with Gasteiger partial charge in [0, 0.05) is 32.7 Å². The van der Waals surface area contributed by atoms with Gasteiger partial charge in [0.1, 0.15) is 0 Å². The van der Waals surface area contributed by atoms with Gasteiger partial charge in [0.05, 0.1) is 13.2 Å². The van der Waals surface area contributed by atoms with Crippen LogP contribution in [0.15, 0.2) is 16.8 Å². The number of thiophene rings is 1. The van der Waals surface area contributed by atoms with Gasteiger partial charge in [-0.1, -0.05) is 0 Å². The number of hydrogen-bond donors (Lipinski definition) is 1. The Morgan fingerprint density at radius 2 is 2.06 bits per heavy atom. The highest BCUT2D eigenvalue weighted by Crippen LogP contribution is 2.04. The van der Waals surface area contributed by atoms with Gasteiger partial charge in [0.2, 0.25) is 0 Å². The molecule has 1 N–H and O–H groups in total. The molecule has 1 aliphatic rings. The SMILES string of the molecule is Cl.Cl.c1cc(CNCCN2CCOCC2)cs1. The zero-order valence-corrected chi connectivity index (χ0v) is 12.2. The number of ether oxygens (including phenoxy) is 1. The molecule has 0 spiro atoms. The summed E-state index contributed by atoms with van der Waals surface area (Å²) in [6, 6.07) is 2.17. The Bertz CT molecular complexity index is 266. The lowest BCUT2D eigenvalue weighted by Crippen LogP contribution is -2.40. The first kappa shape index (κ1) is 17.2. The summed E-state index contributed by atoms with van der Waals surface area (Å²) in [6.45, 7) is 7.15. The van der Waals surface area contributed by atoms with Crippen LogP contribution in [0.3, 0.4) is 0 Å². The van der Waals surface area contributed by atoms with E-state index in [1.807, 2.05) is 0 Å². The van der Waals surface area contributed by atoms with Gasteiger partial charge in [-0.25, -0.2) is 0 Å². The van der Waals surface area contributed by atoms with Crippen molar-refractivity contribution in [2.75, 3.05) is 39.4 Å². The number of hydrogen-bond acceptors (Lipinski definition) is 4. The molecule has 1 aromatic rings. The van der Waals surface area contributed by atoms with Crippen molar-refractivity contribution in [1.82, 2.24) is 10.2 Å². The number of nitrogens with one attached hydrogen (secondary N) is 1. The van der Waals surface area contributed by atoms with Crippen LogP contribution in [0.5, 0.6) is 0 Å². The Morgan fingerprint density at radius 3 is 2.71 bits per heavy atom. The average Bonchev–Trinajstić information content (AvgIpc) is 2.79. The second kappa shape index (κ2) is 10.1. The Hall–Kier alpha value is 0.160. The van der Waals surface area contributed by atoms with Gasteiger partial charge in [0.15, 0.2) is 0 Å². The summed E-state index contributed by atoms with van der Waals surface area (Å²) >= 11 is 1.76. The highest BCUT2D eigenvalue weighted by atomic mass is 35.5. The van der Waals surface area contributed by atoms with Gasteiger partial charge in [-0.15, -0.1) is 24.8 Å². The molecule has 1 aromatic heterocycles. The minimum Gasteiger partial charge on any atom is -0.379 e. The molecule has 100 valence electrons. The molecule has 1 fully saturated rings. The fourth-order valence-corrected chi connectivity index (χ4v) is 2.36. The summed E-state index contributed by atoms with van der Waals surface area (Å²) in [5.41, 5.74) is 1.39. The van der Waals surface area contributed by atoms with Crippen LogP contribution in [0.1, 0.15) is 5.56 Å². The van der Waals surface area contributed by atoms with E-state index < -0.39 is 0 Å². The van der Waals surface area contributed by atoms with Crippen LogP contribution in [0.25, 0.3) is 0 Å². The summed E-state index contributed by atoms with van der Waals surface area (Å²) in [5, 5.41) is 7.78. The quantitative estimate of drug-likeness (QED) is 0.842. The normalized spacial score (nSPS) is 16.0. The number of halogens is 2. The van der Waals surface area contributed by atoms with Gasteiger partial charge >= 0.3 is 0 Å². The molecule has 2 rings (SSSR count). The van der Waals surface area contributed by atoms with E-state index in [0.717, 1.165) is 45.9 Å². The standard InChI is InChI=1S/C11H18N2OS.2ClH/c1-8-15-10-11(1)9-12-2-3-13-4-6-14-7-5-13;;/h1,8,10,12H,2-7,9H2;2*1H. The second-order valence-electron chi connectivity index (χ2n) is 3.76. The lowest BCUT2D eigenvalue weighted by Gasteiger charge is -2.26. The predicted molar refractivity (Wildman–Crippen MR) is 77.8 cm³/mol. The molecule has 0 aliphatic carbocycles. The fourth-order valence-electron chi connectivity index (χ4n) is 1.69. The van der Waals surface area contributed by atoms with Crippen molar-refractivity contribution in [3.63, 3.8) is 0 Å². The minimum atomic E-state index is 0. The van der Waals surface area contributed by atoms with Crippen LogP contribution >= 0.6 is 36.2 Å². The first-order valence-corrected chi connectivity index (χ1v) is 6.41. The molecule has 17 heavy (non-hydrogen) atoms. The second-order valence-corrected chi connectivity index (χ2v) is 4.54. The van der Waals surface area contributed by atoms with E-state index in [0.29, 0.717) is 0 Å². The van der Waals surface area contributed by atoms with Gasteiger partial charge in [0.25, 0.3) is 0 Å². The first-order valence-electron chi connectivity index (χ1n) is 5.47. The van der Waals surface area contributed by atoms with Crippen LogP contribution < -0.4 is 5.32 Å². The third-order valence-corrected chi connectivity index (χ3v) is 3.35. The van der Waals surface area contributed by atoms with Crippen LogP contribution in [-0.4, -0.2) is 44.3 Å². The van der Waals surface area contributed by atoms with Crippen LogP contribution in [0, 0.1) is 0 Å². The van der Waals surface area contributed by atoms with Crippen molar-refractivity contribution < 1.29 is 4.74 Å². The average molecular weight is 299 g/mol. The third-order valence-electron chi connectivity index (χ3n) is 2.62. The van der Waals surface area contributed by atoms with Crippen molar-refractivity contribution in [3.8, 4) is 0 Å². The van der Waals surface area contributed by atoms with Crippen molar-refractivity contribution in [1.29, 1.82) is 0 Å². The highest BCUT2D eigenvalue weighted by molar-refractivity contribution is 7.07. The Kier molecular flexibility index (Phi) is 10.2. The summed E-state index contributed by atoms with van der Waals surface area (Å²) < 4.78 is 5.30. The molecule has 0 bridgehead atoms. The van der Waals surface area contributed by atoms with E-state index in [4.69, 9.17) is 4.74 Å². The number of nitrogens with zero attached hydrogens (tertiary/aromatic N) is 1. The lowest BCUT2D eigenvalue weighted by molar-refractivity contribution is 0.0384. The van der Waals surface area contributed by atoms with Crippen molar-refractivity contribution in [2.24, 2.45) is 0 Å². The zero-order chi connectivity index (χ0) is 10.3. The molecular weight excluding hydrogens is 279 g/mol. The molecule has 1 aliphatic heterocycles. The molecule has 6 heteroatoms. The largest absolute Gasteiger partial charge is 0.379 e. The van der Waals surface area contributed by atoms with E-state index in [-0.39, 0.29) is 24.8 Å². The van der Waals surface area contributed by atoms with E-state index in [2.05, 4.69) is 27.0 Å². The van der Waals surface area contributed by atoms with E-state index in [9.17, 15) is 0 Å². The summed E-state index contributed by atoms with van der Waals surface area (Å²) in [4.78, 5) is 2.45. The molecule has 0 unspecified atom stereocenters. The maximum absolute atomic E-state index is 5.30. The first-order chi connectivity index (χ1) is 7.45. The lowest BCUT2D eigenvalue weighted by atomic mass is 10.3. The molecule has 0 amide bonds. The Morgan fingerprint density at radius 1 is 1.29 bits per heavy atom. The van der Waals surface area contributed by atoms with Crippen molar-refractivity contribution >= 4 is 36.2 Å². The summed E-state index contributed by atoms with van der Waals surface area (Å²) in [5.74, 6) is 0. The van der Waals surface area contributed by atoms with Gasteiger partial charge in [-0.2, -0.15) is 11.3 Å². The minimum absolute atomic E-state index is 0. The predicted octanol–water partition coefficient (Wildman–Crippen LogP) is 2.01. The molecular formula is C11H20Cl2N2OS. The molecule has 0 radical (unpaired) electrons. The van der Waals surface area contributed by atoms with E-state index in [1.54, 1.807) is 11.3 Å².